The molecule has 5 nitrogen and oxygen atoms in total. The van der Waals surface area contributed by atoms with Crippen LogP contribution in [-0.2, 0) is 6.54 Å². The standard InChI is InChI=1S/C10H18N4O/c1-3-4-5-12-10(11)13-7-9-6-8(2)15-14-9/h6H,3-5,7H2,1-2H3,(H3,11,12,13). The normalized spacial score (nSPS) is 11.7. The Hall–Kier alpha value is -1.52. The summed E-state index contributed by atoms with van der Waals surface area (Å²) in [6.45, 7) is 5.31. The van der Waals surface area contributed by atoms with Crippen molar-refractivity contribution < 1.29 is 4.52 Å². The van der Waals surface area contributed by atoms with Gasteiger partial charge in [-0.3, -0.25) is 0 Å². The Morgan fingerprint density at radius 3 is 3.07 bits per heavy atom. The van der Waals surface area contributed by atoms with Crippen molar-refractivity contribution in [3.05, 3.63) is 17.5 Å². The molecular formula is C10H18N4O. The quantitative estimate of drug-likeness (QED) is 0.435. The van der Waals surface area contributed by atoms with Crippen LogP contribution in [0.2, 0.25) is 0 Å². The molecule has 0 aliphatic carbocycles. The van der Waals surface area contributed by atoms with E-state index in [1.807, 2.05) is 13.0 Å². The van der Waals surface area contributed by atoms with Crippen LogP contribution in [0.5, 0.6) is 0 Å². The Morgan fingerprint density at radius 1 is 1.67 bits per heavy atom. The van der Waals surface area contributed by atoms with Crippen LogP contribution in [0, 0.1) is 6.92 Å². The highest BCUT2D eigenvalue weighted by Gasteiger charge is 1.98. The predicted molar refractivity (Wildman–Crippen MR) is 59.5 cm³/mol. The highest BCUT2D eigenvalue weighted by molar-refractivity contribution is 5.77. The molecule has 84 valence electrons. The molecule has 0 atom stereocenters. The second kappa shape index (κ2) is 6.06. The molecule has 0 radical (unpaired) electrons. The van der Waals surface area contributed by atoms with Gasteiger partial charge in [0.05, 0.1) is 6.54 Å². The number of nitrogens with one attached hydrogen (secondary N) is 1. The molecule has 1 rings (SSSR count). The molecule has 0 saturated heterocycles. The summed E-state index contributed by atoms with van der Waals surface area (Å²) in [4.78, 5) is 4.14. The maximum absolute atomic E-state index is 5.65. The van der Waals surface area contributed by atoms with Gasteiger partial charge in [-0.2, -0.15) is 0 Å². The maximum Gasteiger partial charge on any atom is 0.188 e. The average molecular weight is 210 g/mol. The van der Waals surface area contributed by atoms with Gasteiger partial charge in [-0.25, -0.2) is 4.99 Å². The molecule has 1 aromatic rings. The summed E-state index contributed by atoms with van der Waals surface area (Å²) < 4.78 is 4.91. The van der Waals surface area contributed by atoms with Crippen molar-refractivity contribution in [2.45, 2.75) is 33.2 Å². The molecule has 15 heavy (non-hydrogen) atoms. The van der Waals surface area contributed by atoms with Crippen LogP contribution in [-0.4, -0.2) is 17.7 Å². The molecule has 0 fully saturated rings. The van der Waals surface area contributed by atoms with Gasteiger partial charge in [0.2, 0.25) is 0 Å². The molecule has 0 amide bonds. The smallest absolute Gasteiger partial charge is 0.188 e. The molecule has 0 bridgehead atoms. The average Bonchev–Trinajstić information content (AvgIpc) is 2.62. The Labute approximate surface area is 89.7 Å². The fourth-order valence-corrected chi connectivity index (χ4v) is 1.11. The van der Waals surface area contributed by atoms with Crippen molar-refractivity contribution in [2.75, 3.05) is 6.54 Å². The first-order chi connectivity index (χ1) is 7.22. The molecular weight excluding hydrogens is 192 g/mol. The molecule has 0 unspecified atom stereocenters. The summed E-state index contributed by atoms with van der Waals surface area (Å²) in [5.74, 6) is 1.25. The number of aryl methyl sites for hydroxylation is 1. The minimum absolute atomic E-state index is 0.461. The van der Waals surface area contributed by atoms with Crippen molar-refractivity contribution >= 4 is 5.96 Å². The predicted octanol–water partition coefficient (Wildman–Crippen LogP) is 1.19. The van der Waals surface area contributed by atoms with E-state index in [1.54, 1.807) is 0 Å². The van der Waals surface area contributed by atoms with Crippen molar-refractivity contribution in [1.29, 1.82) is 0 Å². The van der Waals surface area contributed by atoms with E-state index in [2.05, 4.69) is 22.4 Å². The van der Waals surface area contributed by atoms with Gasteiger partial charge in [0.25, 0.3) is 0 Å². The molecule has 5 heteroatoms. The minimum Gasteiger partial charge on any atom is -0.370 e. The number of nitrogens with two attached hydrogens (primary N) is 1. The zero-order valence-corrected chi connectivity index (χ0v) is 9.29. The van der Waals surface area contributed by atoms with Gasteiger partial charge in [0, 0.05) is 12.6 Å². The number of rotatable bonds is 5. The summed E-state index contributed by atoms with van der Waals surface area (Å²) in [6.07, 6.45) is 2.24. The highest BCUT2D eigenvalue weighted by atomic mass is 16.5. The number of aliphatic imine (C=N–C) groups is 1. The van der Waals surface area contributed by atoms with Crippen LogP contribution in [0.25, 0.3) is 0 Å². The molecule has 0 aliphatic rings. The van der Waals surface area contributed by atoms with Crippen molar-refractivity contribution in [3.63, 3.8) is 0 Å². The lowest BCUT2D eigenvalue weighted by atomic mass is 10.3. The van der Waals surface area contributed by atoms with Crippen molar-refractivity contribution in [3.8, 4) is 0 Å². The fraction of sp³-hybridized carbons (Fsp3) is 0.600. The number of aromatic nitrogens is 1. The third kappa shape index (κ3) is 4.49. The Kier molecular flexibility index (Phi) is 4.66. The van der Waals surface area contributed by atoms with Crippen LogP contribution in [0.15, 0.2) is 15.6 Å². The van der Waals surface area contributed by atoms with Crippen LogP contribution in [0.1, 0.15) is 31.2 Å². The first kappa shape index (κ1) is 11.6. The van der Waals surface area contributed by atoms with Gasteiger partial charge in [-0.15, -0.1) is 0 Å². The maximum atomic E-state index is 5.65. The monoisotopic (exact) mass is 210 g/mol. The summed E-state index contributed by atoms with van der Waals surface area (Å²) in [5, 5.41) is 6.85. The van der Waals surface area contributed by atoms with Gasteiger partial charge in [0.15, 0.2) is 5.96 Å². The second-order valence-electron chi connectivity index (χ2n) is 3.41. The first-order valence-corrected chi connectivity index (χ1v) is 5.18. The van der Waals surface area contributed by atoms with Gasteiger partial charge in [0.1, 0.15) is 11.5 Å². The van der Waals surface area contributed by atoms with E-state index in [1.165, 1.54) is 0 Å². The number of hydrogen-bond donors (Lipinski definition) is 2. The summed E-state index contributed by atoms with van der Waals surface area (Å²) in [5.41, 5.74) is 6.45. The van der Waals surface area contributed by atoms with Crippen LogP contribution >= 0.6 is 0 Å². The van der Waals surface area contributed by atoms with Gasteiger partial charge in [-0.05, 0) is 13.3 Å². The first-order valence-electron chi connectivity index (χ1n) is 5.18. The zero-order chi connectivity index (χ0) is 11.1. The van der Waals surface area contributed by atoms with E-state index in [0.29, 0.717) is 12.5 Å². The molecule has 3 N–H and O–H groups in total. The molecule has 0 spiro atoms. The van der Waals surface area contributed by atoms with E-state index in [0.717, 1.165) is 30.8 Å². The van der Waals surface area contributed by atoms with Crippen LogP contribution in [0.4, 0.5) is 0 Å². The zero-order valence-electron chi connectivity index (χ0n) is 9.29. The Morgan fingerprint density at radius 2 is 2.47 bits per heavy atom. The third-order valence-corrected chi connectivity index (χ3v) is 1.92. The SMILES string of the molecule is CCCCNC(N)=NCc1cc(C)on1. The molecule has 1 aromatic heterocycles. The van der Waals surface area contributed by atoms with E-state index in [4.69, 9.17) is 10.3 Å². The molecule has 0 saturated carbocycles. The largest absolute Gasteiger partial charge is 0.370 e. The molecule has 0 aromatic carbocycles. The van der Waals surface area contributed by atoms with E-state index in [-0.39, 0.29) is 0 Å². The number of unbranched alkanes of at least 4 members (excludes halogenated alkanes) is 1. The molecule has 1 heterocycles. The van der Waals surface area contributed by atoms with Crippen molar-refractivity contribution in [2.24, 2.45) is 10.7 Å². The second-order valence-corrected chi connectivity index (χ2v) is 3.41. The highest BCUT2D eigenvalue weighted by Crippen LogP contribution is 2.02. The number of guanidine groups is 1. The summed E-state index contributed by atoms with van der Waals surface area (Å²) >= 11 is 0. The van der Waals surface area contributed by atoms with Crippen molar-refractivity contribution in [1.82, 2.24) is 10.5 Å². The van der Waals surface area contributed by atoms with E-state index >= 15 is 0 Å². The Bertz CT molecular complexity index is 319. The lowest BCUT2D eigenvalue weighted by Gasteiger charge is -2.02. The fourth-order valence-electron chi connectivity index (χ4n) is 1.11. The summed E-state index contributed by atoms with van der Waals surface area (Å²) in [6, 6.07) is 1.85. The molecule has 0 aliphatic heterocycles. The lowest BCUT2D eigenvalue weighted by molar-refractivity contribution is 0.391. The van der Waals surface area contributed by atoms with E-state index < -0.39 is 0 Å². The van der Waals surface area contributed by atoms with Crippen LogP contribution in [0.3, 0.4) is 0 Å². The van der Waals surface area contributed by atoms with Gasteiger partial charge < -0.3 is 15.6 Å². The van der Waals surface area contributed by atoms with Gasteiger partial charge in [-0.1, -0.05) is 18.5 Å². The van der Waals surface area contributed by atoms with E-state index in [9.17, 15) is 0 Å². The lowest BCUT2D eigenvalue weighted by Crippen LogP contribution is -2.32. The van der Waals surface area contributed by atoms with Gasteiger partial charge >= 0.3 is 0 Å². The van der Waals surface area contributed by atoms with Crippen LogP contribution < -0.4 is 11.1 Å². The summed E-state index contributed by atoms with van der Waals surface area (Å²) in [7, 11) is 0. The third-order valence-electron chi connectivity index (χ3n) is 1.92. The number of hydrogen-bond acceptors (Lipinski definition) is 3. The Balaban J connectivity index is 2.30. The minimum atomic E-state index is 0.461. The topological polar surface area (TPSA) is 76.4 Å². The number of nitrogens with zero attached hydrogens (tertiary/aromatic N) is 2.